The Kier molecular flexibility index (Phi) is 5.68. The van der Waals surface area contributed by atoms with Gasteiger partial charge in [-0.15, -0.1) is 5.10 Å². The van der Waals surface area contributed by atoms with E-state index in [1.807, 2.05) is 0 Å². The molecule has 2 rings (SSSR count). The SMILES string of the molecule is CCC(CC(=O)Nc1cccc(-n2cc(C(=O)O)nn2)c1)C(C)C. The number of carbonyl (C=O) groups is 2. The summed E-state index contributed by atoms with van der Waals surface area (Å²) in [7, 11) is 0. The number of nitrogens with zero attached hydrogens (tertiary/aromatic N) is 3. The number of hydrogen-bond donors (Lipinski definition) is 2. The minimum absolute atomic E-state index is 0.0301. The Balaban J connectivity index is 2.09. The molecule has 1 aromatic heterocycles. The zero-order valence-electron chi connectivity index (χ0n) is 14.1. The van der Waals surface area contributed by atoms with Crippen molar-refractivity contribution in [2.45, 2.75) is 33.6 Å². The summed E-state index contributed by atoms with van der Waals surface area (Å²) in [5, 5.41) is 19.1. The Morgan fingerprint density at radius 3 is 2.67 bits per heavy atom. The van der Waals surface area contributed by atoms with Crippen LogP contribution in [0.5, 0.6) is 0 Å². The molecular formula is C17H22N4O3. The lowest BCUT2D eigenvalue weighted by atomic mass is 9.90. The molecule has 1 aromatic carbocycles. The van der Waals surface area contributed by atoms with Gasteiger partial charge in [-0.2, -0.15) is 0 Å². The Morgan fingerprint density at radius 2 is 2.08 bits per heavy atom. The normalized spacial score (nSPS) is 12.2. The van der Waals surface area contributed by atoms with Gasteiger partial charge in [-0.25, -0.2) is 9.48 Å². The topological polar surface area (TPSA) is 97.1 Å². The number of hydrogen-bond acceptors (Lipinski definition) is 4. The zero-order chi connectivity index (χ0) is 17.7. The monoisotopic (exact) mass is 330 g/mol. The van der Waals surface area contributed by atoms with Crippen molar-refractivity contribution in [3.05, 3.63) is 36.2 Å². The fourth-order valence-electron chi connectivity index (χ4n) is 2.52. The van der Waals surface area contributed by atoms with E-state index >= 15 is 0 Å². The maximum Gasteiger partial charge on any atom is 0.358 e. The summed E-state index contributed by atoms with van der Waals surface area (Å²) in [6.45, 7) is 6.32. The zero-order valence-corrected chi connectivity index (χ0v) is 14.1. The third-order valence-corrected chi connectivity index (χ3v) is 4.02. The van der Waals surface area contributed by atoms with Gasteiger partial charge in [0.1, 0.15) is 0 Å². The number of anilines is 1. The maximum absolute atomic E-state index is 12.2. The summed E-state index contributed by atoms with van der Waals surface area (Å²) in [4.78, 5) is 23.1. The van der Waals surface area contributed by atoms with Crippen LogP contribution in [-0.4, -0.2) is 32.0 Å². The van der Waals surface area contributed by atoms with Crippen LogP contribution in [0.3, 0.4) is 0 Å². The van der Waals surface area contributed by atoms with Crippen LogP contribution in [0, 0.1) is 11.8 Å². The molecule has 0 aliphatic heterocycles. The first-order valence-electron chi connectivity index (χ1n) is 7.96. The van der Waals surface area contributed by atoms with Crippen LogP contribution in [0.1, 0.15) is 44.1 Å². The molecule has 7 nitrogen and oxygen atoms in total. The molecule has 0 saturated heterocycles. The fourth-order valence-corrected chi connectivity index (χ4v) is 2.52. The number of rotatable bonds is 7. The molecule has 1 amide bonds. The van der Waals surface area contributed by atoms with Crippen molar-refractivity contribution < 1.29 is 14.7 Å². The quantitative estimate of drug-likeness (QED) is 0.813. The second-order valence-corrected chi connectivity index (χ2v) is 6.07. The van der Waals surface area contributed by atoms with Gasteiger partial charge in [0.15, 0.2) is 5.69 Å². The lowest BCUT2D eigenvalue weighted by molar-refractivity contribution is -0.117. The number of carboxylic acid groups (broad SMARTS) is 1. The van der Waals surface area contributed by atoms with Crippen LogP contribution in [0.4, 0.5) is 5.69 Å². The second kappa shape index (κ2) is 7.72. The highest BCUT2D eigenvalue weighted by atomic mass is 16.4. The van der Waals surface area contributed by atoms with Crippen molar-refractivity contribution in [1.29, 1.82) is 0 Å². The van der Waals surface area contributed by atoms with Gasteiger partial charge in [-0.1, -0.05) is 38.5 Å². The largest absolute Gasteiger partial charge is 0.476 e. The predicted molar refractivity (Wildman–Crippen MR) is 90.2 cm³/mol. The molecule has 0 aliphatic carbocycles. The van der Waals surface area contributed by atoms with Gasteiger partial charge < -0.3 is 10.4 Å². The van der Waals surface area contributed by atoms with Crippen molar-refractivity contribution in [3.8, 4) is 5.69 Å². The van der Waals surface area contributed by atoms with Gasteiger partial charge in [-0.3, -0.25) is 4.79 Å². The van der Waals surface area contributed by atoms with Crippen LogP contribution >= 0.6 is 0 Å². The van der Waals surface area contributed by atoms with Gasteiger partial charge in [0.25, 0.3) is 0 Å². The number of nitrogens with one attached hydrogen (secondary N) is 1. The van der Waals surface area contributed by atoms with Crippen molar-refractivity contribution in [2.24, 2.45) is 11.8 Å². The van der Waals surface area contributed by atoms with Crippen molar-refractivity contribution in [3.63, 3.8) is 0 Å². The average molecular weight is 330 g/mol. The first kappa shape index (κ1) is 17.7. The van der Waals surface area contributed by atoms with Crippen LogP contribution in [0.2, 0.25) is 0 Å². The molecule has 0 bridgehead atoms. The predicted octanol–water partition coefficient (Wildman–Crippen LogP) is 2.98. The van der Waals surface area contributed by atoms with E-state index in [1.54, 1.807) is 24.3 Å². The third kappa shape index (κ3) is 4.41. The molecule has 0 fully saturated rings. The molecule has 128 valence electrons. The molecule has 0 radical (unpaired) electrons. The Hall–Kier alpha value is -2.70. The van der Waals surface area contributed by atoms with E-state index in [1.165, 1.54) is 10.9 Å². The van der Waals surface area contributed by atoms with Crippen molar-refractivity contribution in [2.75, 3.05) is 5.32 Å². The number of carboxylic acids is 1. The Labute approximate surface area is 140 Å². The van der Waals surface area contributed by atoms with E-state index in [0.29, 0.717) is 29.6 Å². The van der Waals surface area contributed by atoms with Crippen LogP contribution in [0.15, 0.2) is 30.5 Å². The molecule has 0 spiro atoms. The molecule has 24 heavy (non-hydrogen) atoms. The van der Waals surface area contributed by atoms with Crippen molar-refractivity contribution in [1.82, 2.24) is 15.0 Å². The van der Waals surface area contributed by atoms with E-state index in [0.717, 1.165) is 6.42 Å². The minimum atomic E-state index is -1.13. The summed E-state index contributed by atoms with van der Waals surface area (Å²) in [5.41, 5.74) is 1.14. The van der Waals surface area contributed by atoms with Crippen molar-refractivity contribution >= 4 is 17.6 Å². The van der Waals surface area contributed by atoms with E-state index in [4.69, 9.17) is 5.11 Å². The van der Waals surface area contributed by atoms with Gasteiger partial charge in [0, 0.05) is 12.1 Å². The molecule has 2 N–H and O–H groups in total. The lowest BCUT2D eigenvalue weighted by Crippen LogP contribution is -2.19. The van der Waals surface area contributed by atoms with Gasteiger partial charge in [0.05, 0.1) is 11.9 Å². The molecule has 1 atom stereocenters. The van der Waals surface area contributed by atoms with E-state index in [-0.39, 0.29) is 11.6 Å². The number of aromatic carboxylic acids is 1. The molecule has 0 saturated carbocycles. The summed E-state index contributed by atoms with van der Waals surface area (Å²) in [6, 6.07) is 7.05. The molecule has 7 heteroatoms. The molecule has 0 aliphatic rings. The average Bonchev–Trinajstić information content (AvgIpc) is 3.03. The van der Waals surface area contributed by atoms with Crippen LogP contribution in [-0.2, 0) is 4.79 Å². The number of aromatic nitrogens is 3. The van der Waals surface area contributed by atoms with Gasteiger partial charge >= 0.3 is 5.97 Å². The molecular weight excluding hydrogens is 308 g/mol. The smallest absolute Gasteiger partial charge is 0.358 e. The lowest BCUT2D eigenvalue weighted by Gasteiger charge is -2.18. The Bertz CT molecular complexity index is 724. The molecule has 1 unspecified atom stereocenters. The summed E-state index contributed by atoms with van der Waals surface area (Å²) in [5.74, 6) is -0.360. The number of amides is 1. The highest BCUT2D eigenvalue weighted by Gasteiger charge is 2.16. The molecule has 1 heterocycles. The molecule has 2 aromatic rings. The highest BCUT2D eigenvalue weighted by Crippen LogP contribution is 2.20. The van der Waals surface area contributed by atoms with Crippen LogP contribution in [0.25, 0.3) is 5.69 Å². The van der Waals surface area contributed by atoms with Gasteiger partial charge in [0.2, 0.25) is 5.91 Å². The third-order valence-electron chi connectivity index (χ3n) is 4.02. The van der Waals surface area contributed by atoms with E-state index in [9.17, 15) is 9.59 Å². The first-order chi connectivity index (χ1) is 11.4. The fraction of sp³-hybridized carbons (Fsp3) is 0.412. The number of carbonyl (C=O) groups excluding carboxylic acids is 1. The summed E-state index contributed by atoms with van der Waals surface area (Å²) in [6.07, 6.45) is 2.77. The second-order valence-electron chi connectivity index (χ2n) is 6.07. The van der Waals surface area contributed by atoms with E-state index in [2.05, 4.69) is 36.4 Å². The summed E-state index contributed by atoms with van der Waals surface area (Å²) >= 11 is 0. The van der Waals surface area contributed by atoms with Crippen LogP contribution < -0.4 is 5.32 Å². The standard InChI is InChI=1S/C17H22N4O3/c1-4-12(11(2)3)8-16(22)18-13-6-5-7-14(9-13)21-10-15(17(23)24)19-20-21/h5-7,9-12H,4,8H2,1-3H3,(H,18,22)(H,23,24). The van der Waals surface area contributed by atoms with Gasteiger partial charge in [-0.05, 0) is 30.0 Å². The summed E-state index contributed by atoms with van der Waals surface area (Å²) < 4.78 is 1.36. The first-order valence-corrected chi connectivity index (χ1v) is 7.96. The Morgan fingerprint density at radius 1 is 1.33 bits per heavy atom. The van der Waals surface area contributed by atoms with E-state index < -0.39 is 5.97 Å². The minimum Gasteiger partial charge on any atom is -0.476 e. The number of benzene rings is 1. The highest BCUT2D eigenvalue weighted by molar-refractivity contribution is 5.91. The maximum atomic E-state index is 12.2.